The number of hydrogen-bond acceptors (Lipinski definition) is 3. The van der Waals surface area contributed by atoms with Crippen LogP contribution in [0.5, 0.6) is 0 Å². The Morgan fingerprint density at radius 1 is 0.957 bits per heavy atom. The van der Waals surface area contributed by atoms with Crippen molar-refractivity contribution in [2.24, 2.45) is 0 Å². The molecule has 0 aliphatic carbocycles. The molecule has 0 spiro atoms. The van der Waals surface area contributed by atoms with Crippen LogP contribution in [0.15, 0.2) is 30.8 Å². The minimum absolute atomic E-state index is 0.324. The maximum Gasteiger partial charge on any atom is 0.379 e. The van der Waals surface area contributed by atoms with Gasteiger partial charge in [-0.3, -0.25) is 4.79 Å². The Labute approximate surface area is 139 Å². The number of hydrogen-bond donors (Lipinski definition) is 0. The molecule has 0 fully saturated rings. The van der Waals surface area contributed by atoms with Crippen molar-refractivity contribution in [3.8, 4) is 0 Å². The molecule has 0 saturated heterocycles. The van der Waals surface area contributed by atoms with E-state index in [1.807, 2.05) is 0 Å². The van der Waals surface area contributed by atoms with Gasteiger partial charge in [0.25, 0.3) is 5.78 Å². The first kappa shape index (κ1) is 19.1. The number of unbranched alkanes of at least 4 members (excludes halogenated alkanes) is 7. The molecule has 0 N–H and O–H groups in total. The van der Waals surface area contributed by atoms with E-state index in [4.69, 9.17) is 4.74 Å². The quantitative estimate of drug-likeness (QED) is 0.230. The number of ether oxygens (including phenoxy) is 1. The Bertz CT molecular complexity index is 488. The van der Waals surface area contributed by atoms with Crippen molar-refractivity contribution in [3.63, 3.8) is 0 Å². The molecule has 126 valence electrons. The highest BCUT2D eigenvalue weighted by Gasteiger charge is 2.17. The van der Waals surface area contributed by atoms with Crippen molar-refractivity contribution >= 4 is 17.8 Å². The zero-order valence-electron chi connectivity index (χ0n) is 14.2. The predicted octanol–water partition coefficient (Wildman–Crippen LogP) is 5.20. The summed E-state index contributed by atoms with van der Waals surface area (Å²) < 4.78 is 5.05. The lowest BCUT2D eigenvalue weighted by atomic mass is 10.1. The second-order valence-corrected chi connectivity index (χ2v) is 5.77. The van der Waals surface area contributed by atoms with E-state index in [0.29, 0.717) is 12.2 Å². The van der Waals surface area contributed by atoms with Crippen LogP contribution in [-0.2, 0) is 9.53 Å². The summed E-state index contributed by atoms with van der Waals surface area (Å²) >= 11 is 0. The molecule has 0 atom stereocenters. The largest absolute Gasteiger partial charge is 0.460 e. The third kappa shape index (κ3) is 7.78. The predicted molar refractivity (Wildman–Crippen MR) is 94.4 cm³/mol. The van der Waals surface area contributed by atoms with Crippen LogP contribution >= 0.6 is 0 Å². The maximum absolute atomic E-state index is 11.9. The van der Waals surface area contributed by atoms with E-state index in [1.165, 1.54) is 32.1 Å². The molecule has 0 amide bonds. The third-order valence-electron chi connectivity index (χ3n) is 3.83. The summed E-state index contributed by atoms with van der Waals surface area (Å²) in [5.41, 5.74) is 1.27. The molecule has 0 aliphatic heterocycles. The molecule has 1 aromatic rings. The number of benzene rings is 1. The lowest BCUT2D eigenvalue weighted by Crippen LogP contribution is -2.18. The number of carbonyl (C=O) groups excluding carboxylic acids is 2. The second kappa shape index (κ2) is 11.6. The summed E-state index contributed by atoms with van der Waals surface area (Å²) in [6.45, 7) is 6.19. The van der Waals surface area contributed by atoms with Crippen LogP contribution in [-0.4, -0.2) is 18.4 Å². The molecule has 0 heterocycles. The van der Waals surface area contributed by atoms with Gasteiger partial charge in [-0.1, -0.05) is 88.8 Å². The SMILES string of the molecule is C=Cc1ccc(C(=O)C(=O)OCCCCCCCCCC)cc1. The Morgan fingerprint density at radius 3 is 2.09 bits per heavy atom. The van der Waals surface area contributed by atoms with Crippen LogP contribution in [0.1, 0.15) is 74.2 Å². The zero-order valence-corrected chi connectivity index (χ0v) is 14.2. The van der Waals surface area contributed by atoms with Crippen molar-refractivity contribution in [3.05, 3.63) is 42.0 Å². The van der Waals surface area contributed by atoms with Gasteiger partial charge in [-0.2, -0.15) is 0 Å². The number of esters is 1. The molecular weight excluding hydrogens is 288 g/mol. The Kier molecular flexibility index (Phi) is 9.69. The van der Waals surface area contributed by atoms with Crippen molar-refractivity contribution in [2.75, 3.05) is 6.61 Å². The van der Waals surface area contributed by atoms with Crippen LogP contribution < -0.4 is 0 Å². The molecule has 0 unspecified atom stereocenters. The number of carbonyl (C=O) groups is 2. The van der Waals surface area contributed by atoms with Crippen LogP contribution in [0.4, 0.5) is 0 Å². The van der Waals surface area contributed by atoms with Crippen LogP contribution in [0.3, 0.4) is 0 Å². The van der Waals surface area contributed by atoms with E-state index in [1.54, 1.807) is 30.3 Å². The monoisotopic (exact) mass is 316 g/mol. The van der Waals surface area contributed by atoms with Gasteiger partial charge in [-0.15, -0.1) is 0 Å². The standard InChI is InChI=1S/C20H28O3/c1-3-5-6-7-8-9-10-11-16-23-20(22)19(21)18-14-12-17(4-2)13-15-18/h4,12-15H,2-3,5-11,16H2,1H3. The smallest absolute Gasteiger partial charge is 0.379 e. The van der Waals surface area contributed by atoms with Gasteiger partial charge in [0, 0.05) is 5.56 Å². The molecule has 1 aromatic carbocycles. The molecule has 0 saturated carbocycles. The Morgan fingerprint density at radius 2 is 1.52 bits per heavy atom. The number of rotatable bonds is 12. The first-order chi connectivity index (χ1) is 11.2. The van der Waals surface area contributed by atoms with E-state index in [9.17, 15) is 9.59 Å². The highest BCUT2D eigenvalue weighted by Crippen LogP contribution is 2.09. The molecule has 0 aromatic heterocycles. The van der Waals surface area contributed by atoms with Crippen molar-refractivity contribution in [1.82, 2.24) is 0 Å². The topological polar surface area (TPSA) is 43.4 Å². The molecule has 3 nitrogen and oxygen atoms in total. The van der Waals surface area contributed by atoms with Crippen LogP contribution in [0.25, 0.3) is 6.08 Å². The molecule has 3 heteroatoms. The van der Waals surface area contributed by atoms with Crippen LogP contribution in [0.2, 0.25) is 0 Å². The van der Waals surface area contributed by atoms with Gasteiger partial charge in [0.1, 0.15) is 0 Å². The van der Waals surface area contributed by atoms with E-state index in [-0.39, 0.29) is 0 Å². The van der Waals surface area contributed by atoms with E-state index >= 15 is 0 Å². The summed E-state index contributed by atoms with van der Waals surface area (Å²) in [5.74, 6) is -1.35. The summed E-state index contributed by atoms with van der Waals surface area (Å²) in [7, 11) is 0. The van der Waals surface area contributed by atoms with Crippen molar-refractivity contribution in [2.45, 2.75) is 58.3 Å². The maximum atomic E-state index is 11.9. The lowest BCUT2D eigenvalue weighted by Gasteiger charge is -2.05. The first-order valence-corrected chi connectivity index (χ1v) is 8.63. The Balaban J connectivity index is 2.15. The fourth-order valence-electron chi connectivity index (χ4n) is 2.35. The van der Waals surface area contributed by atoms with Gasteiger partial charge >= 0.3 is 5.97 Å². The number of ketones is 1. The van der Waals surface area contributed by atoms with Crippen molar-refractivity contribution in [1.29, 1.82) is 0 Å². The van der Waals surface area contributed by atoms with Gasteiger partial charge in [0.15, 0.2) is 0 Å². The number of Topliss-reactive ketones (excluding diaryl/α,β-unsaturated/α-hetero) is 1. The average Bonchev–Trinajstić information content (AvgIpc) is 2.59. The normalized spacial score (nSPS) is 10.3. The molecule has 0 aliphatic rings. The second-order valence-electron chi connectivity index (χ2n) is 5.77. The van der Waals surface area contributed by atoms with Crippen molar-refractivity contribution < 1.29 is 14.3 Å². The highest BCUT2D eigenvalue weighted by atomic mass is 16.5. The zero-order chi connectivity index (χ0) is 16.9. The minimum atomic E-state index is -0.765. The minimum Gasteiger partial charge on any atom is -0.460 e. The fraction of sp³-hybridized carbons (Fsp3) is 0.500. The summed E-state index contributed by atoms with van der Waals surface area (Å²) in [5, 5.41) is 0. The van der Waals surface area contributed by atoms with E-state index in [0.717, 1.165) is 24.8 Å². The van der Waals surface area contributed by atoms with E-state index < -0.39 is 11.8 Å². The van der Waals surface area contributed by atoms with Gasteiger partial charge in [-0.05, 0) is 12.0 Å². The molecular formula is C20H28O3. The van der Waals surface area contributed by atoms with Gasteiger partial charge in [-0.25, -0.2) is 4.79 Å². The van der Waals surface area contributed by atoms with Gasteiger partial charge in [0.2, 0.25) is 0 Å². The average molecular weight is 316 g/mol. The molecule has 23 heavy (non-hydrogen) atoms. The highest BCUT2D eigenvalue weighted by molar-refractivity contribution is 6.40. The molecule has 0 radical (unpaired) electrons. The first-order valence-electron chi connectivity index (χ1n) is 8.63. The summed E-state index contributed by atoms with van der Waals surface area (Å²) in [6.07, 6.45) is 11.1. The summed E-state index contributed by atoms with van der Waals surface area (Å²) in [4.78, 5) is 23.6. The van der Waals surface area contributed by atoms with E-state index in [2.05, 4.69) is 13.5 Å². The summed E-state index contributed by atoms with van der Waals surface area (Å²) in [6, 6.07) is 6.76. The fourth-order valence-corrected chi connectivity index (χ4v) is 2.35. The third-order valence-corrected chi connectivity index (χ3v) is 3.83. The Hall–Kier alpha value is -1.90. The van der Waals surface area contributed by atoms with Crippen LogP contribution in [0, 0.1) is 0 Å². The van der Waals surface area contributed by atoms with Gasteiger partial charge < -0.3 is 4.74 Å². The molecule has 0 bridgehead atoms. The lowest BCUT2D eigenvalue weighted by molar-refractivity contribution is -0.138. The molecule has 1 rings (SSSR count). The van der Waals surface area contributed by atoms with Gasteiger partial charge in [0.05, 0.1) is 6.61 Å².